The number of thiocarbonyl (C=S) groups is 1. The van der Waals surface area contributed by atoms with E-state index in [9.17, 15) is 4.79 Å². The summed E-state index contributed by atoms with van der Waals surface area (Å²) in [6, 6.07) is 0. The van der Waals surface area contributed by atoms with Crippen molar-refractivity contribution in [3.05, 3.63) is 0 Å². The lowest BCUT2D eigenvalue weighted by atomic mass is 9.92. The lowest BCUT2D eigenvalue weighted by Gasteiger charge is -2.26. The van der Waals surface area contributed by atoms with Crippen LogP contribution in [0.3, 0.4) is 0 Å². The van der Waals surface area contributed by atoms with Crippen molar-refractivity contribution >= 4 is 23.1 Å². The largest absolute Gasteiger partial charge is 0.393 e. The summed E-state index contributed by atoms with van der Waals surface area (Å²) >= 11 is 4.95. The Labute approximate surface area is 102 Å². The van der Waals surface area contributed by atoms with Gasteiger partial charge >= 0.3 is 0 Å². The molecule has 0 aliphatic carbocycles. The van der Waals surface area contributed by atoms with Crippen LogP contribution in [0.4, 0.5) is 0 Å². The van der Waals surface area contributed by atoms with E-state index >= 15 is 0 Å². The molecule has 0 aromatic heterocycles. The number of hydrogen-bond acceptors (Lipinski definition) is 3. The van der Waals surface area contributed by atoms with Crippen LogP contribution in [-0.4, -0.2) is 30.7 Å². The molecule has 0 atom stereocenters. The number of carbonyl (C=O) groups excluding carboxylic acids is 1. The normalized spacial score (nSPS) is 18.1. The fourth-order valence-corrected chi connectivity index (χ4v) is 1.57. The first-order valence-corrected chi connectivity index (χ1v) is 5.99. The van der Waals surface area contributed by atoms with Gasteiger partial charge in [-0.15, -0.1) is 0 Å². The van der Waals surface area contributed by atoms with Gasteiger partial charge in [-0.05, 0) is 12.8 Å². The maximum absolute atomic E-state index is 11.8. The van der Waals surface area contributed by atoms with Crippen LogP contribution >= 0.6 is 12.2 Å². The van der Waals surface area contributed by atoms with Crippen molar-refractivity contribution < 1.29 is 9.53 Å². The van der Waals surface area contributed by atoms with Crippen molar-refractivity contribution in [2.75, 3.05) is 19.8 Å². The summed E-state index contributed by atoms with van der Waals surface area (Å²) in [5.74, 6) is 0.170. The van der Waals surface area contributed by atoms with E-state index in [1.807, 2.05) is 13.8 Å². The molecule has 1 saturated heterocycles. The molecule has 0 unspecified atom stereocenters. The standard InChI is InChI=1S/C11H20N2O2S/c1-11(2,10(12)16)7-13-9(14)8-3-5-15-6-4-8/h8H,3-7H2,1-2H3,(H2,12,16)(H,13,14). The van der Waals surface area contributed by atoms with Gasteiger partial charge in [0, 0.05) is 31.1 Å². The third-order valence-electron chi connectivity index (χ3n) is 2.96. The van der Waals surface area contributed by atoms with Gasteiger partial charge in [0.15, 0.2) is 0 Å². The predicted molar refractivity (Wildman–Crippen MR) is 67.1 cm³/mol. The summed E-state index contributed by atoms with van der Waals surface area (Å²) in [4.78, 5) is 12.2. The minimum Gasteiger partial charge on any atom is -0.393 e. The zero-order chi connectivity index (χ0) is 12.2. The Morgan fingerprint density at radius 1 is 1.50 bits per heavy atom. The van der Waals surface area contributed by atoms with Crippen molar-refractivity contribution in [3.8, 4) is 0 Å². The summed E-state index contributed by atoms with van der Waals surface area (Å²) in [5.41, 5.74) is 5.27. The number of rotatable bonds is 4. The first-order chi connectivity index (χ1) is 7.43. The fraction of sp³-hybridized carbons (Fsp3) is 0.818. The van der Waals surface area contributed by atoms with Crippen LogP contribution in [0.25, 0.3) is 0 Å². The average molecular weight is 244 g/mol. The van der Waals surface area contributed by atoms with Crippen molar-refractivity contribution in [1.82, 2.24) is 5.32 Å². The summed E-state index contributed by atoms with van der Waals surface area (Å²) in [7, 11) is 0. The molecule has 0 radical (unpaired) electrons. The topological polar surface area (TPSA) is 64.3 Å². The summed E-state index contributed by atoms with van der Waals surface area (Å²) in [6.45, 7) is 5.71. The molecule has 1 aliphatic rings. The minimum absolute atomic E-state index is 0.0795. The van der Waals surface area contributed by atoms with Crippen LogP contribution in [0, 0.1) is 11.3 Å². The molecular weight excluding hydrogens is 224 g/mol. The molecule has 3 N–H and O–H groups in total. The summed E-state index contributed by atoms with van der Waals surface area (Å²) in [5, 5.41) is 2.91. The zero-order valence-electron chi connectivity index (χ0n) is 9.91. The van der Waals surface area contributed by atoms with Crippen molar-refractivity contribution in [2.24, 2.45) is 17.1 Å². The van der Waals surface area contributed by atoms with Crippen molar-refractivity contribution in [1.29, 1.82) is 0 Å². The van der Waals surface area contributed by atoms with Gasteiger partial charge in [-0.2, -0.15) is 0 Å². The van der Waals surface area contributed by atoms with E-state index < -0.39 is 0 Å². The summed E-state index contributed by atoms with van der Waals surface area (Å²) in [6.07, 6.45) is 1.61. The zero-order valence-corrected chi connectivity index (χ0v) is 10.7. The molecule has 0 bridgehead atoms. The van der Waals surface area contributed by atoms with Crippen LogP contribution in [0.15, 0.2) is 0 Å². The minimum atomic E-state index is -0.323. The van der Waals surface area contributed by atoms with E-state index in [4.69, 9.17) is 22.7 Å². The molecule has 4 nitrogen and oxygen atoms in total. The smallest absolute Gasteiger partial charge is 0.223 e. The van der Waals surface area contributed by atoms with Gasteiger partial charge < -0.3 is 15.8 Å². The van der Waals surface area contributed by atoms with Crippen molar-refractivity contribution in [3.63, 3.8) is 0 Å². The molecular formula is C11H20N2O2S. The lowest BCUT2D eigenvalue weighted by Crippen LogP contribution is -2.44. The van der Waals surface area contributed by atoms with Gasteiger partial charge in [0.25, 0.3) is 0 Å². The molecule has 1 fully saturated rings. The first kappa shape index (κ1) is 13.4. The second-order valence-electron chi connectivity index (χ2n) is 4.85. The third kappa shape index (κ3) is 3.72. The quantitative estimate of drug-likeness (QED) is 0.719. The molecule has 1 aliphatic heterocycles. The van der Waals surface area contributed by atoms with Crippen LogP contribution in [0.2, 0.25) is 0 Å². The average Bonchev–Trinajstić information content (AvgIpc) is 2.27. The second-order valence-corrected chi connectivity index (χ2v) is 5.29. The Morgan fingerprint density at radius 2 is 2.06 bits per heavy atom. The Bertz CT molecular complexity index is 273. The van der Waals surface area contributed by atoms with Gasteiger partial charge in [-0.1, -0.05) is 26.1 Å². The van der Waals surface area contributed by atoms with Crippen LogP contribution in [0.5, 0.6) is 0 Å². The van der Waals surface area contributed by atoms with Gasteiger partial charge in [0.1, 0.15) is 0 Å². The van der Waals surface area contributed by atoms with E-state index in [0.717, 1.165) is 12.8 Å². The number of carbonyl (C=O) groups is 1. The molecule has 92 valence electrons. The lowest BCUT2D eigenvalue weighted by molar-refractivity contribution is -0.128. The Balaban J connectivity index is 2.37. The number of nitrogens with two attached hydrogens (primary N) is 1. The maximum atomic E-state index is 11.8. The highest BCUT2D eigenvalue weighted by Gasteiger charge is 2.25. The van der Waals surface area contributed by atoms with E-state index in [1.54, 1.807) is 0 Å². The molecule has 5 heteroatoms. The van der Waals surface area contributed by atoms with E-state index in [0.29, 0.717) is 24.7 Å². The summed E-state index contributed by atoms with van der Waals surface area (Å²) < 4.78 is 5.21. The van der Waals surface area contributed by atoms with E-state index in [2.05, 4.69) is 5.32 Å². The molecule has 0 aromatic carbocycles. The Hall–Kier alpha value is -0.680. The van der Waals surface area contributed by atoms with Crippen LogP contribution in [-0.2, 0) is 9.53 Å². The Morgan fingerprint density at radius 3 is 2.56 bits per heavy atom. The third-order valence-corrected chi connectivity index (χ3v) is 3.52. The number of amides is 1. The van der Waals surface area contributed by atoms with E-state index in [1.165, 1.54) is 0 Å². The number of hydrogen-bond donors (Lipinski definition) is 2. The monoisotopic (exact) mass is 244 g/mol. The van der Waals surface area contributed by atoms with E-state index in [-0.39, 0.29) is 17.2 Å². The maximum Gasteiger partial charge on any atom is 0.223 e. The van der Waals surface area contributed by atoms with Crippen LogP contribution < -0.4 is 11.1 Å². The second kappa shape index (κ2) is 5.59. The highest BCUT2D eigenvalue weighted by molar-refractivity contribution is 7.80. The fourth-order valence-electron chi connectivity index (χ4n) is 1.50. The van der Waals surface area contributed by atoms with Gasteiger partial charge in [-0.3, -0.25) is 4.79 Å². The Kier molecular flexibility index (Phi) is 4.68. The predicted octanol–water partition coefficient (Wildman–Crippen LogP) is 0.842. The number of ether oxygens (including phenoxy) is 1. The molecule has 0 saturated carbocycles. The highest BCUT2D eigenvalue weighted by atomic mass is 32.1. The SMILES string of the molecule is CC(C)(CNC(=O)C1CCOCC1)C(N)=S. The highest BCUT2D eigenvalue weighted by Crippen LogP contribution is 2.17. The van der Waals surface area contributed by atoms with Gasteiger partial charge in [0.2, 0.25) is 5.91 Å². The molecule has 1 heterocycles. The molecule has 16 heavy (non-hydrogen) atoms. The molecule has 0 spiro atoms. The molecule has 1 rings (SSSR count). The molecule has 1 amide bonds. The number of nitrogens with one attached hydrogen (secondary N) is 1. The van der Waals surface area contributed by atoms with Crippen LogP contribution in [0.1, 0.15) is 26.7 Å². The van der Waals surface area contributed by atoms with Gasteiger partial charge in [0.05, 0.1) is 4.99 Å². The van der Waals surface area contributed by atoms with Gasteiger partial charge in [-0.25, -0.2) is 0 Å². The van der Waals surface area contributed by atoms with Crippen molar-refractivity contribution in [2.45, 2.75) is 26.7 Å². The first-order valence-electron chi connectivity index (χ1n) is 5.59. The molecule has 0 aromatic rings.